The molecule has 1 N–H and O–H groups in total. The fraction of sp³-hybridized carbons (Fsp3) is 0.235. The number of aromatic nitrogens is 2. The van der Waals surface area contributed by atoms with Gasteiger partial charge in [0.1, 0.15) is 5.56 Å². The maximum atomic E-state index is 12.1. The number of aromatic amines is 1. The molecular weight excluding hydrogens is 328 g/mol. The minimum absolute atomic E-state index is 0.00732. The largest absolute Gasteiger partial charge is 0.493 e. The standard InChI is InChI=1S/C17H18N2O6/c1-4-24-14(20)9-8-11-16(21)18-10-19-17(11)25-15-12(22-2)6-5-7-13(15)23-3/h5-10H,4H2,1-3H3,(H,18,19,21)/b9-8+. The van der Waals surface area contributed by atoms with Gasteiger partial charge in [0.15, 0.2) is 11.5 Å². The van der Waals surface area contributed by atoms with Gasteiger partial charge in [-0.15, -0.1) is 0 Å². The fourth-order valence-electron chi connectivity index (χ4n) is 1.98. The zero-order valence-electron chi connectivity index (χ0n) is 14.1. The molecule has 0 spiro atoms. The van der Waals surface area contributed by atoms with E-state index in [0.29, 0.717) is 11.5 Å². The molecule has 0 fully saturated rings. The molecule has 25 heavy (non-hydrogen) atoms. The van der Waals surface area contributed by atoms with Crippen molar-refractivity contribution < 1.29 is 23.7 Å². The summed E-state index contributed by atoms with van der Waals surface area (Å²) in [5, 5.41) is 0. The summed E-state index contributed by atoms with van der Waals surface area (Å²) in [6.45, 7) is 1.92. The first-order chi connectivity index (χ1) is 12.1. The normalized spacial score (nSPS) is 10.5. The van der Waals surface area contributed by atoms with Crippen LogP contribution in [0, 0.1) is 0 Å². The second kappa shape index (κ2) is 8.53. The van der Waals surface area contributed by atoms with Gasteiger partial charge in [0.05, 0.1) is 27.2 Å². The molecule has 0 radical (unpaired) electrons. The Morgan fingerprint density at radius 2 is 1.92 bits per heavy atom. The molecule has 0 aliphatic rings. The third-order valence-corrected chi connectivity index (χ3v) is 3.11. The summed E-state index contributed by atoms with van der Waals surface area (Å²) in [4.78, 5) is 30.0. The summed E-state index contributed by atoms with van der Waals surface area (Å²) in [5.74, 6) is 0.485. The Hall–Kier alpha value is -3.29. The molecule has 0 atom stereocenters. The highest BCUT2D eigenvalue weighted by atomic mass is 16.5. The molecule has 2 rings (SSSR count). The second-order valence-electron chi connectivity index (χ2n) is 4.63. The van der Waals surface area contributed by atoms with Crippen LogP contribution in [0.2, 0.25) is 0 Å². The topological polar surface area (TPSA) is 99.7 Å². The average molecular weight is 346 g/mol. The maximum Gasteiger partial charge on any atom is 0.330 e. The number of benzene rings is 1. The van der Waals surface area contributed by atoms with Crippen molar-refractivity contribution >= 4 is 12.0 Å². The first kappa shape index (κ1) is 18.1. The zero-order chi connectivity index (χ0) is 18.2. The molecule has 8 nitrogen and oxygen atoms in total. The van der Waals surface area contributed by atoms with Gasteiger partial charge < -0.3 is 23.9 Å². The van der Waals surface area contributed by atoms with Gasteiger partial charge in [-0.3, -0.25) is 4.79 Å². The first-order valence-corrected chi connectivity index (χ1v) is 7.42. The van der Waals surface area contributed by atoms with Gasteiger partial charge in [-0.05, 0) is 25.1 Å². The highest BCUT2D eigenvalue weighted by Crippen LogP contribution is 2.39. The van der Waals surface area contributed by atoms with Crippen molar-refractivity contribution in [3.8, 4) is 23.1 Å². The van der Waals surface area contributed by atoms with Gasteiger partial charge in [0, 0.05) is 6.08 Å². The van der Waals surface area contributed by atoms with Crippen molar-refractivity contribution in [2.24, 2.45) is 0 Å². The molecular formula is C17H18N2O6. The van der Waals surface area contributed by atoms with Crippen LogP contribution < -0.4 is 19.8 Å². The molecule has 0 aliphatic carbocycles. The molecule has 1 heterocycles. The molecule has 0 saturated heterocycles. The van der Waals surface area contributed by atoms with Crippen LogP contribution in [0.4, 0.5) is 0 Å². The second-order valence-corrected chi connectivity index (χ2v) is 4.63. The van der Waals surface area contributed by atoms with E-state index in [-0.39, 0.29) is 23.8 Å². The average Bonchev–Trinajstić information content (AvgIpc) is 2.61. The molecule has 132 valence electrons. The number of esters is 1. The molecule has 0 bridgehead atoms. The number of nitrogens with one attached hydrogen (secondary N) is 1. The molecule has 1 aromatic heterocycles. The van der Waals surface area contributed by atoms with Crippen LogP contribution in [0.3, 0.4) is 0 Å². The summed E-state index contributed by atoms with van der Waals surface area (Å²) in [7, 11) is 2.96. The van der Waals surface area contributed by atoms with Crippen molar-refractivity contribution in [3.63, 3.8) is 0 Å². The van der Waals surface area contributed by atoms with Gasteiger partial charge in [-0.25, -0.2) is 9.78 Å². The molecule has 0 saturated carbocycles. The van der Waals surface area contributed by atoms with Crippen LogP contribution >= 0.6 is 0 Å². The Bertz CT molecular complexity index is 806. The smallest absolute Gasteiger partial charge is 0.330 e. The molecule has 2 aromatic rings. The SMILES string of the molecule is CCOC(=O)/C=C/c1c(Oc2c(OC)cccc2OC)nc[nH]c1=O. The lowest BCUT2D eigenvalue weighted by molar-refractivity contribution is -0.137. The predicted molar refractivity (Wildman–Crippen MR) is 90.1 cm³/mol. The number of H-pyrrole nitrogens is 1. The number of hydrogen-bond acceptors (Lipinski definition) is 7. The molecule has 1 aromatic carbocycles. The number of nitrogens with zero attached hydrogens (tertiary/aromatic N) is 1. The monoisotopic (exact) mass is 346 g/mol. The lowest BCUT2D eigenvalue weighted by Gasteiger charge is -2.13. The summed E-state index contributed by atoms with van der Waals surface area (Å²) in [6.07, 6.45) is 3.60. The van der Waals surface area contributed by atoms with Crippen LogP contribution in [0.5, 0.6) is 23.1 Å². The van der Waals surface area contributed by atoms with Crippen LogP contribution in [0.25, 0.3) is 6.08 Å². The molecule has 0 unspecified atom stereocenters. The lowest BCUT2D eigenvalue weighted by Crippen LogP contribution is -2.12. The number of hydrogen-bond donors (Lipinski definition) is 1. The van der Waals surface area contributed by atoms with Crippen molar-refractivity contribution in [2.75, 3.05) is 20.8 Å². The van der Waals surface area contributed by atoms with Crippen LogP contribution in [-0.4, -0.2) is 36.8 Å². The van der Waals surface area contributed by atoms with Crippen molar-refractivity contribution in [2.45, 2.75) is 6.92 Å². The van der Waals surface area contributed by atoms with E-state index in [4.69, 9.17) is 18.9 Å². The Kier molecular flexibility index (Phi) is 6.16. The van der Waals surface area contributed by atoms with Crippen LogP contribution in [0.15, 0.2) is 35.4 Å². The summed E-state index contributed by atoms with van der Waals surface area (Å²) in [6, 6.07) is 5.09. The number of carbonyl (C=O) groups excluding carboxylic acids is 1. The van der Waals surface area contributed by atoms with Crippen LogP contribution in [-0.2, 0) is 9.53 Å². The highest BCUT2D eigenvalue weighted by Gasteiger charge is 2.16. The minimum Gasteiger partial charge on any atom is -0.493 e. The fourth-order valence-corrected chi connectivity index (χ4v) is 1.98. The summed E-state index contributed by atoms with van der Waals surface area (Å²) >= 11 is 0. The van der Waals surface area contributed by atoms with E-state index in [1.165, 1.54) is 26.6 Å². The number of methoxy groups -OCH3 is 2. The molecule has 8 heteroatoms. The Morgan fingerprint density at radius 3 is 2.52 bits per heavy atom. The van der Waals surface area contributed by atoms with Gasteiger partial charge in [0.25, 0.3) is 5.56 Å². The van der Waals surface area contributed by atoms with E-state index in [0.717, 1.165) is 6.08 Å². The lowest BCUT2D eigenvalue weighted by atomic mass is 10.2. The summed E-state index contributed by atoms with van der Waals surface area (Å²) < 4.78 is 21.0. The molecule has 0 aliphatic heterocycles. The van der Waals surface area contributed by atoms with E-state index in [1.807, 2.05) is 0 Å². The zero-order valence-corrected chi connectivity index (χ0v) is 14.1. The highest BCUT2D eigenvalue weighted by molar-refractivity contribution is 5.87. The summed E-state index contributed by atoms with van der Waals surface area (Å²) in [5.41, 5.74) is -0.414. The molecule has 0 amide bonds. The Morgan fingerprint density at radius 1 is 1.24 bits per heavy atom. The van der Waals surface area contributed by atoms with Gasteiger partial charge >= 0.3 is 5.97 Å². The van der Waals surface area contributed by atoms with Crippen molar-refractivity contribution in [3.05, 3.63) is 46.5 Å². The number of para-hydroxylation sites is 1. The first-order valence-electron chi connectivity index (χ1n) is 7.42. The van der Waals surface area contributed by atoms with E-state index in [9.17, 15) is 9.59 Å². The van der Waals surface area contributed by atoms with E-state index in [2.05, 4.69) is 9.97 Å². The predicted octanol–water partition coefficient (Wildman–Crippen LogP) is 2.16. The maximum absolute atomic E-state index is 12.1. The number of carbonyl (C=O) groups is 1. The van der Waals surface area contributed by atoms with Gasteiger partial charge in [0.2, 0.25) is 11.6 Å². The van der Waals surface area contributed by atoms with Gasteiger partial charge in [-0.2, -0.15) is 0 Å². The number of rotatable bonds is 7. The van der Waals surface area contributed by atoms with Crippen LogP contribution in [0.1, 0.15) is 12.5 Å². The van der Waals surface area contributed by atoms with Crippen molar-refractivity contribution in [1.82, 2.24) is 9.97 Å². The van der Waals surface area contributed by atoms with Gasteiger partial charge in [-0.1, -0.05) is 6.07 Å². The quantitative estimate of drug-likeness (QED) is 0.605. The van der Waals surface area contributed by atoms with E-state index < -0.39 is 11.5 Å². The Balaban J connectivity index is 2.43. The van der Waals surface area contributed by atoms with E-state index in [1.54, 1.807) is 25.1 Å². The van der Waals surface area contributed by atoms with Crippen molar-refractivity contribution in [1.29, 1.82) is 0 Å². The minimum atomic E-state index is -0.577. The third-order valence-electron chi connectivity index (χ3n) is 3.11. The Labute approximate surface area is 144 Å². The number of ether oxygens (including phenoxy) is 4. The van der Waals surface area contributed by atoms with E-state index >= 15 is 0 Å². The third kappa shape index (κ3) is 4.37.